The Hall–Kier alpha value is -3.02. The number of rotatable bonds is 5. The van der Waals surface area contributed by atoms with Crippen molar-refractivity contribution < 1.29 is 45.1 Å². The van der Waals surface area contributed by atoms with Crippen molar-refractivity contribution in [3.8, 4) is 5.75 Å². The van der Waals surface area contributed by atoms with Gasteiger partial charge in [-0.25, -0.2) is 13.6 Å². The van der Waals surface area contributed by atoms with Gasteiger partial charge in [-0.15, -0.1) is 0 Å². The van der Waals surface area contributed by atoms with Crippen molar-refractivity contribution in [2.45, 2.75) is 18.5 Å². The molecule has 0 fully saturated rings. The van der Waals surface area contributed by atoms with E-state index >= 15 is 0 Å². The molecule has 1 unspecified atom stereocenters. The lowest BCUT2D eigenvalue weighted by Gasteiger charge is -2.23. The molecule has 0 aliphatic rings. The molecule has 0 saturated carbocycles. The number of urea groups is 1. The van der Waals surface area contributed by atoms with Crippen LogP contribution < -0.4 is 15.4 Å². The zero-order chi connectivity index (χ0) is 22.7. The minimum absolute atomic E-state index is 0.0291. The van der Waals surface area contributed by atoms with Gasteiger partial charge in [0.15, 0.2) is 0 Å². The third-order valence-corrected chi connectivity index (χ3v) is 3.70. The van der Waals surface area contributed by atoms with Gasteiger partial charge in [0.2, 0.25) is 0 Å². The number of carbonyl (C=O) groups is 2. The third-order valence-electron chi connectivity index (χ3n) is 3.37. The van der Waals surface area contributed by atoms with Crippen molar-refractivity contribution in [3.63, 3.8) is 0 Å². The summed E-state index contributed by atoms with van der Waals surface area (Å²) in [6, 6.07) is 5.86. The molecule has 2 aromatic carbocycles. The second-order valence-electron chi connectivity index (χ2n) is 5.60. The van der Waals surface area contributed by atoms with Crippen molar-refractivity contribution in [3.05, 3.63) is 58.9 Å². The van der Waals surface area contributed by atoms with Gasteiger partial charge >= 0.3 is 18.3 Å². The van der Waals surface area contributed by atoms with Crippen LogP contribution in [0.3, 0.4) is 0 Å². The number of hydrogen-bond donors (Lipinski definition) is 2. The van der Waals surface area contributed by atoms with E-state index in [-0.39, 0.29) is 16.7 Å². The molecule has 13 heteroatoms. The Balaban J connectivity index is 2.06. The topological polar surface area (TPSA) is 67.4 Å². The number of anilines is 1. The van der Waals surface area contributed by atoms with Crippen LogP contribution in [0.1, 0.15) is 10.4 Å². The van der Waals surface area contributed by atoms with E-state index in [1.165, 1.54) is 24.3 Å². The fraction of sp³-hybridized carbons (Fsp3) is 0.176. The number of ether oxygens (including phenoxy) is 1. The summed E-state index contributed by atoms with van der Waals surface area (Å²) in [4.78, 5) is 23.7. The quantitative estimate of drug-likeness (QED) is 0.597. The molecule has 0 aromatic heterocycles. The normalized spacial score (nSPS) is 12.8. The van der Waals surface area contributed by atoms with Gasteiger partial charge in [0, 0.05) is 6.07 Å². The number of nitrogens with one attached hydrogen (secondary N) is 2. The second-order valence-corrected chi connectivity index (χ2v) is 6.00. The maximum absolute atomic E-state index is 14.0. The van der Waals surface area contributed by atoms with Gasteiger partial charge in [-0.3, -0.25) is 10.1 Å². The van der Waals surface area contributed by atoms with Crippen LogP contribution in [0.4, 0.5) is 41.2 Å². The zero-order valence-electron chi connectivity index (χ0n) is 14.4. The summed E-state index contributed by atoms with van der Waals surface area (Å²) < 4.78 is 93.1. The predicted octanol–water partition coefficient (Wildman–Crippen LogP) is 5.31. The molecule has 0 heterocycles. The Morgan fingerprint density at radius 3 is 2.23 bits per heavy atom. The van der Waals surface area contributed by atoms with E-state index in [1.807, 2.05) is 10.6 Å². The molecule has 0 spiro atoms. The first-order valence-electron chi connectivity index (χ1n) is 7.75. The summed E-state index contributed by atoms with van der Waals surface area (Å²) in [5.74, 6) is -3.48. The molecule has 2 aromatic rings. The first-order valence-corrected chi connectivity index (χ1v) is 8.13. The van der Waals surface area contributed by atoms with Crippen LogP contribution in [0, 0.1) is 5.82 Å². The molecule has 3 amide bonds. The summed E-state index contributed by atoms with van der Waals surface area (Å²) in [6.45, 7) is 0. The first kappa shape index (κ1) is 23.3. The fourth-order valence-corrected chi connectivity index (χ4v) is 2.25. The number of imide groups is 1. The highest BCUT2D eigenvalue weighted by Crippen LogP contribution is 2.37. The van der Waals surface area contributed by atoms with Gasteiger partial charge < -0.3 is 10.1 Å². The standard InChI is InChI=1S/C17H10ClF7N2O3/c18-10-4-2-1-3-9(10)13(28)27-15(29)26-12-6-5-8(7-11(12)19)30-17(24,25)14(20)16(21,22)23/h1-7,14H,(H2,26,27,28,29). The van der Waals surface area contributed by atoms with Crippen molar-refractivity contribution in [2.24, 2.45) is 0 Å². The number of amides is 3. The Morgan fingerprint density at radius 1 is 1.03 bits per heavy atom. The monoisotopic (exact) mass is 458 g/mol. The van der Waals surface area contributed by atoms with Gasteiger partial charge in [-0.1, -0.05) is 23.7 Å². The van der Waals surface area contributed by atoms with E-state index in [9.17, 15) is 40.3 Å². The summed E-state index contributed by atoms with van der Waals surface area (Å²) in [5.41, 5.74) is -0.700. The second kappa shape index (κ2) is 8.78. The summed E-state index contributed by atoms with van der Waals surface area (Å²) >= 11 is 5.78. The number of hydrogen-bond acceptors (Lipinski definition) is 3. The molecule has 0 bridgehead atoms. The number of alkyl halides is 6. The highest BCUT2D eigenvalue weighted by atomic mass is 35.5. The summed E-state index contributed by atoms with van der Waals surface area (Å²) in [5, 5.41) is 3.74. The smallest absolute Gasteiger partial charge is 0.430 e. The summed E-state index contributed by atoms with van der Waals surface area (Å²) in [7, 11) is 0. The minimum atomic E-state index is -5.91. The van der Waals surface area contributed by atoms with Crippen LogP contribution in [-0.4, -0.2) is 30.4 Å². The van der Waals surface area contributed by atoms with Crippen LogP contribution in [0.2, 0.25) is 5.02 Å². The largest absolute Gasteiger partial charge is 0.439 e. The Bertz CT molecular complexity index is 953. The number of carbonyl (C=O) groups excluding carboxylic acids is 2. The van der Waals surface area contributed by atoms with Crippen molar-refractivity contribution in [1.82, 2.24) is 5.32 Å². The predicted molar refractivity (Wildman–Crippen MR) is 90.9 cm³/mol. The molecule has 0 saturated heterocycles. The molecule has 30 heavy (non-hydrogen) atoms. The molecular formula is C17H10ClF7N2O3. The van der Waals surface area contributed by atoms with Crippen molar-refractivity contribution in [1.29, 1.82) is 0 Å². The van der Waals surface area contributed by atoms with E-state index in [2.05, 4.69) is 4.74 Å². The lowest BCUT2D eigenvalue weighted by Crippen LogP contribution is -2.45. The molecule has 2 rings (SSSR count). The Kier molecular flexibility index (Phi) is 6.80. The van der Waals surface area contributed by atoms with Crippen LogP contribution in [-0.2, 0) is 0 Å². The van der Waals surface area contributed by atoms with Crippen LogP contribution in [0.25, 0.3) is 0 Å². The van der Waals surface area contributed by atoms with E-state index in [1.54, 1.807) is 0 Å². The average molecular weight is 459 g/mol. The van der Waals surface area contributed by atoms with Crippen LogP contribution >= 0.6 is 11.6 Å². The molecule has 2 N–H and O–H groups in total. The first-order chi connectivity index (χ1) is 13.8. The van der Waals surface area contributed by atoms with Gasteiger partial charge in [0.25, 0.3) is 12.1 Å². The molecule has 0 aliphatic carbocycles. The molecule has 0 aliphatic heterocycles. The average Bonchev–Trinajstić information content (AvgIpc) is 2.62. The third kappa shape index (κ3) is 5.75. The van der Waals surface area contributed by atoms with E-state index in [0.717, 1.165) is 0 Å². The van der Waals surface area contributed by atoms with Gasteiger partial charge in [0.05, 0.1) is 16.3 Å². The molecular weight excluding hydrogens is 449 g/mol. The van der Waals surface area contributed by atoms with E-state index in [0.29, 0.717) is 12.1 Å². The van der Waals surface area contributed by atoms with E-state index < -0.39 is 47.6 Å². The highest BCUT2D eigenvalue weighted by molar-refractivity contribution is 6.34. The van der Waals surface area contributed by atoms with Crippen molar-refractivity contribution >= 4 is 29.2 Å². The van der Waals surface area contributed by atoms with Crippen molar-refractivity contribution in [2.75, 3.05) is 5.32 Å². The lowest BCUT2D eigenvalue weighted by molar-refractivity contribution is -0.305. The number of benzene rings is 2. The Morgan fingerprint density at radius 2 is 1.67 bits per heavy atom. The van der Waals surface area contributed by atoms with Gasteiger partial charge in [0.1, 0.15) is 11.6 Å². The molecule has 5 nitrogen and oxygen atoms in total. The lowest BCUT2D eigenvalue weighted by atomic mass is 10.2. The maximum Gasteiger partial charge on any atom is 0.439 e. The Labute approximate surface area is 168 Å². The fourth-order valence-electron chi connectivity index (χ4n) is 2.03. The molecule has 162 valence electrons. The molecule has 1 atom stereocenters. The number of halogens is 8. The van der Waals surface area contributed by atoms with Crippen LogP contribution in [0.15, 0.2) is 42.5 Å². The maximum atomic E-state index is 14.0. The van der Waals surface area contributed by atoms with Gasteiger partial charge in [-0.05, 0) is 24.3 Å². The van der Waals surface area contributed by atoms with Crippen LogP contribution in [0.5, 0.6) is 5.75 Å². The highest BCUT2D eigenvalue weighted by Gasteiger charge is 2.59. The summed E-state index contributed by atoms with van der Waals surface area (Å²) in [6.07, 6.45) is -15.9. The molecule has 0 radical (unpaired) electrons. The SMILES string of the molecule is O=C(NC(=O)c1ccccc1Cl)Nc1ccc(OC(F)(F)C(F)C(F)(F)F)cc1F. The minimum Gasteiger partial charge on any atom is -0.430 e. The van der Waals surface area contributed by atoms with Gasteiger partial charge in [-0.2, -0.15) is 22.0 Å². The zero-order valence-corrected chi connectivity index (χ0v) is 15.1. The van der Waals surface area contributed by atoms with E-state index in [4.69, 9.17) is 11.6 Å².